The first-order valence-electron chi connectivity index (χ1n) is 9.84. The minimum absolute atomic E-state index is 0.0427. The Hall–Kier alpha value is -2.08. The molecule has 0 fully saturated rings. The number of amides is 1. The number of anilines is 1. The maximum Gasteiger partial charge on any atom is 0.421 e. The number of carboxylic acids is 1. The Kier molecular flexibility index (Phi) is 11.2. The lowest BCUT2D eigenvalue weighted by Gasteiger charge is -2.31. The van der Waals surface area contributed by atoms with E-state index in [4.69, 9.17) is 10.8 Å². The van der Waals surface area contributed by atoms with Crippen LogP contribution in [0.4, 0.5) is 18.9 Å². The summed E-state index contributed by atoms with van der Waals surface area (Å²) in [5.41, 5.74) is 2.69. The number of rotatable bonds is 10. The molecule has 2 atom stereocenters. The van der Waals surface area contributed by atoms with Crippen molar-refractivity contribution in [2.24, 2.45) is 5.73 Å². The Balaban J connectivity index is 0.00000249. The third kappa shape index (κ3) is 7.80. The van der Waals surface area contributed by atoms with Gasteiger partial charge >= 0.3 is 12.1 Å². The van der Waals surface area contributed by atoms with Crippen LogP contribution in [0.15, 0.2) is 41.1 Å². The van der Waals surface area contributed by atoms with Crippen LogP contribution in [0.1, 0.15) is 42.6 Å². The molecule has 2 aromatic rings. The van der Waals surface area contributed by atoms with Gasteiger partial charge in [-0.1, -0.05) is 26.0 Å². The van der Waals surface area contributed by atoms with Crippen molar-refractivity contribution < 1.29 is 33.0 Å². The molecule has 1 aromatic heterocycles. The molecule has 0 saturated carbocycles. The molecule has 0 aliphatic carbocycles. The highest BCUT2D eigenvalue weighted by molar-refractivity contribution is 7.99. The highest BCUT2D eigenvalue weighted by Crippen LogP contribution is 2.42. The Labute approximate surface area is 193 Å². The lowest BCUT2D eigenvalue weighted by atomic mass is 9.90. The monoisotopic (exact) mass is 492 g/mol. The molecule has 0 bridgehead atoms. The zero-order valence-corrected chi connectivity index (χ0v) is 19.3. The number of aliphatic carboxylic acids is 1. The summed E-state index contributed by atoms with van der Waals surface area (Å²) in [6.45, 7) is 4.00. The summed E-state index contributed by atoms with van der Waals surface area (Å²) in [4.78, 5) is 22.7. The standard InChI is InChI=1S/C19H21F3N2O4S2.C2H6/c20-19(21,22)18(28,7-10-29-9-6-15(23)17(26)27)13-1-3-14(4-2-13)24-16(25)12-5-8-30-11-12;1-2/h1-5,8,11,15,28H,6-7,9-10,23H2,(H,24,25)(H,26,27);1-2H3. The summed E-state index contributed by atoms with van der Waals surface area (Å²) in [5, 5.41) is 25.1. The zero-order valence-electron chi connectivity index (χ0n) is 17.7. The predicted octanol–water partition coefficient (Wildman–Crippen LogP) is 4.70. The number of halogens is 3. The number of thioether (sulfide) groups is 1. The molecule has 5 N–H and O–H groups in total. The highest BCUT2D eigenvalue weighted by Gasteiger charge is 2.54. The van der Waals surface area contributed by atoms with Gasteiger partial charge < -0.3 is 21.3 Å². The van der Waals surface area contributed by atoms with E-state index in [1.807, 2.05) is 13.8 Å². The van der Waals surface area contributed by atoms with Gasteiger partial charge in [-0.3, -0.25) is 9.59 Å². The zero-order chi connectivity index (χ0) is 24.4. The molecule has 0 saturated heterocycles. The average molecular weight is 493 g/mol. The number of carboxylic acid groups (broad SMARTS) is 1. The fourth-order valence-electron chi connectivity index (χ4n) is 2.53. The summed E-state index contributed by atoms with van der Waals surface area (Å²) in [5.74, 6) is -1.34. The number of thiophene rings is 1. The van der Waals surface area contributed by atoms with E-state index in [2.05, 4.69) is 5.32 Å². The van der Waals surface area contributed by atoms with Crippen molar-refractivity contribution >= 4 is 40.7 Å². The van der Waals surface area contributed by atoms with Crippen LogP contribution < -0.4 is 11.1 Å². The Morgan fingerprint density at radius 3 is 2.28 bits per heavy atom. The molecule has 178 valence electrons. The van der Waals surface area contributed by atoms with Crippen molar-refractivity contribution in [2.75, 3.05) is 16.8 Å². The largest absolute Gasteiger partial charge is 0.480 e. The van der Waals surface area contributed by atoms with E-state index in [1.165, 1.54) is 23.5 Å². The number of hydrogen-bond donors (Lipinski definition) is 4. The molecule has 0 aliphatic heterocycles. The van der Waals surface area contributed by atoms with Gasteiger partial charge in [-0.05, 0) is 53.5 Å². The first-order chi connectivity index (χ1) is 15.0. The Bertz CT molecular complexity index is 846. The maximum absolute atomic E-state index is 13.6. The fraction of sp³-hybridized carbons (Fsp3) is 0.429. The molecule has 0 aliphatic rings. The molecule has 1 heterocycles. The molecule has 11 heteroatoms. The molecule has 1 amide bonds. The number of alkyl halides is 3. The molecule has 0 spiro atoms. The topological polar surface area (TPSA) is 113 Å². The van der Waals surface area contributed by atoms with Crippen LogP contribution in [0.3, 0.4) is 0 Å². The number of hydrogen-bond acceptors (Lipinski definition) is 6. The molecule has 32 heavy (non-hydrogen) atoms. The molecule has 2 unspecified atom stereocenters. The summed E-state index contributed by atoms with van der Waals surface area (Å²) in [6, 6.07) is 5.40. The number of nitrogens with one attached hydrogen (secondary N) is 1. The summed E-state index contributed by atoms with van der Waals surface area (Å²) < 4.78 is 40.8. The van der Waals surface area contributed by atoms with Crippen molar-refractivity contribution in [3.8, 4) is 0 Å². The molecule has 1 aromatic carbocycles. The number of aliphatic hydroxyl groups is 1. The van der Waals surface area contributed by atoms with Crippen LogP contribution in [-0.2, 0) is 10.4 Å². The number of carbonyl (C=O) groups excluding carboxylic acids is 1. The van der Waals surface area contributed by atoms with Crippen molar-refractivity contribution in [1.29, 1.82) is 0 Å². The first-order valence-corrected chi connectivity index (χ1v) is 11.9. The van der Waals surface area contributed by atoms with E-state index in [9.17, 15) is 27.9 Å². The van der Waals surface area contributed by atoms with Crippen LogP contribution in [0.25, 0.3) is 0 Å². The number of benzene rings is 1. The van der Waals surface area contributed by atoms with Crippen molar-refractivity contribution in [3.63, 3.8) is 0 Å². The average Bonchev–Trinajstić information content (AvgIpc) is 3.29. The van der Waals surface area contributed by atoms with Crippen LogP contribution in [0, 0.1) is 0 Å². The van der Waals surface area contributed by atoms with Crippen molar-refractivity contribution in [2.45, 2.75) is 44.5 Å². The van der Waals surface area contributed by atoms with Gasteiger partial charge in [0.25, 0.3) is 5.91 Å². The maximum atomic E-state index is 13.6. The normalized spacial score (nSPS) is 14.0. The van der Waals surface area contributed by atoms with Gasteiger partial charge in [0.1, 0.15) is 6.04 Å². The highest BCUT2D eigenvalue weighted by atomic mass is 32.2. The molecule has 6 nitrogen and oxygen atoms in total. The lowest BCUT2D eigenvalue weighted by Crippen LogP contribution is -2.42. The van der Waals surface area contributed by atoms with Crippen LogP contribution >= 0.6 is 23.1 Å². The minimum atomic E-state index is -4.91. The summed E-state index contributed by atoms with van der Waals surface area (Å²) in [6.07, 6.45) is -5.40. The molecular weight excluding hydrogens is 465 g/mol. The van der Waals surface area contributed by atoms with E-state index in [0.717, 1.165) is 23.9 Å². The predicted molar refractivity (Wildman–Crippen MR) is 122 cm³/mol. The van der Waals surface area contributed by atoms with Gasteiger partial charge in [0.2, 0.25) is 0 Å². The van der Waals surface area contributed by atoms with Crippen molar-refractivity contribution in [3.05, 3.63) is 52.2 Å². The Morgan fingerprint density at radius 2 is 1.78 bits per heavy atom. The Morgan fingerprint density at radius 1 is 1.16 bits per heavy atom. The van der Waals surface area contributed by atoms with Crippen LogP contribution in [-0.4, -0.2) is 45.8 Å². The second-order valence-corrected chi connectivity index (χ2v) is 8.50. The quantitative estimate of drug-likeness (QED) is 0.358. The van der Waals surface area contributed by atoms with Gasteiger partial charge in [0.05, 0.1) is 5.56 Å². The van der Waals surface area contributed by atoms with E-state index in [-0.39, 0.29) is 29.4 Å². The van der Waals surface area contributed by atoms with E-state index < -0.39 is 30.2 Å². The van der Waals surface area contributed by atoms with Crippen LogP contribution in [0.2, 0.25) is 0 Å². The van der Waals surface area contributed by atoms with E-state index in [1.54, 1.807) is 16.8 Å². The fourth-order valence-corrected chi connectivity index (χ4v) is 4.23. The van der Waals surface area contributed by atoms with Gasteiger partial charge in [-0.15, -0.1) is 0 Å². The first kappa shape index (κ1) is 28.0. The van der Waals surface area contributed by atoms with Gasteiger partial charge in [-0.2, -0.15) is 36.3 Å². The minimum Gasteiger partial charge on any atom is -0.480 e. The second kappa shape index (κ2) is 12.8. The summed E-state index contributed by atoms with van der Waals surface area (Å²) >= 11 is 2.43. The third-order valence-electron chi connectivity index (χ3n) is 4.37. The number of carbonyl (C=O) groups is 2. The third-order valence-corrected chi connectivity index (χ3v) is 6.07. The smallest absolute Gasteiger partial charge is 0.421 e. The SMILES string of the molecule is CC.NC(CCSCCC(O)(c1ccc(NC(=O)c2ccsc2)cc1)C(F)(F)F)C(=O)O. The van der Waals surface area contributed by atoms with E-state index >= 15 is 0 Å². The second-order valence-electron chi connectivity index (χ2n) is 6.50. The summed E-state index contributed by atoms with van der Waals surface area (Å²) in [7, 11) is 0. The van der Waals surface area contributed by atoms with Gasteiger partial charge in [-0.25, -0.2) is 0 Å². The van der Waals surface area contributed by atoms with Gasteiger partial charge in [0.15, 0.2) is 5.60 Å². The number of nitrogens with two attached hydrogens (primary N) is 1. The molecule has 2 rings (SSSR count). The van der Waals surface area contributed by atoms with Crippen molar-refractivity contribution in [1.82, 2.24) is 0 Å². The van der Waals surface area contributed by atoms with Crippen LogP contribution in [0.5, 0.6) is 0 Å². The van der Waals surface area contributed by atoms with Gasteiger partial charge in [0, 0.05) is 11.1 Å². The van der Waals surface area contributed by atoms with E-state index in [0.29, 0.717) is 11.3 Å². The lowest BCUT2D eigenvalue weighted by molar-refractivity contribution is -0.267. The molecular formula is C21H27F3N2O4S2. The molecule has 0 radical (unpaired) electrons.